The summed E-state index contributed by atoms with van der Waals surface area (Å²) in [5, 5.41) is 0. The van der Waals surface area contributed by atoms with Gasteiger partial charge in [0.25, 0.3) is 0 Å². The van der Waals surface area contributed by atoms with Crippen molar-refractivity contribution in [2.45, 2.75) is 19.3 Å². The van der Waals surface area contributed by atoms with Crippen molar-refractivity contribution in [3.63, 3.8) is 0 Å². The monoisotopic (exact) mass is 199 g/mol. The van der Waals surface area contributed by atoms with Crippen LogP contribution < -0.4 is 10.5 Å². The van der Waals surface area contributed by atoms with Crippen LogP contribution in [0, 0.1) is 13.8 Å². The second-order valence-electron chi connectivity index (χ2n) is 3.01. The molecule has 2 N–H and O–H groups in total. The van der Waals surface area contributed by atoms with E-state index in [1.54, 1.807) is 7.11 Å². The first kappa shape index (κ1) is 10.4. The minimum atomic E-state index is -0.440. The molecule has 0 saturated carbocycles. The summed E-state index contributed by atoms with van der Waals surface area (Å²) < 4.78 is 5.18. The summed E-state index contributed by atoms with van der Waals surface area (Å²) >= 11 is 5.81. The van der Waals surface area contributed by atoms with Gasteiger partial charge in [-0.1, -0.05) is 6.07 Å². The average molecular weight is 200 g/mol. The first-order chi connectivity index (χ1) is 6.07. The van der Waals surface area contributed by atoms with Crippen molar-refractivity contribution in [1.29, 1.82) is 0 Å². The highest BCUT2D eigenvalue weighted by Gasteiger charge is 2.10. The molecule has 0 heterocycles. The molecular formula is C10H14ClNO. The zero-order valence-corrected chi connectivity index (χ0v) is 8.85. The molecule has 0 aliphatic heterocycles. The minimum Gasteiger partial charge on any atom is -0.496 e. The van der Waals surface area contributed by atoms with Crippen LogP contribution in [0.5, 0.6) is 5.75 Å². The maximum absolute atomic E-state index is 5.81. The van der Waals surface area contributed by atoms with E-state index in [9.17, 15) is 0 Å². The Morgan fingerprint density at radius 1 is 1.31 bits per heavy atom. The minimum absolute atomic E-state index is 0.440. The lowest BCUT2D eigenvalue weighted by molar-refractivity contribution is 0.411. The van der Waals surface area contributed by atoms with Crippen LogP contribution in [0.25, 0.3) is 0 Å². The standard InChI is InChI=1S/C10H14ClNO/c1-6-7(2)9(13-3)5-4-8(6)10(11)12/h4-5,10H,12H2,1-3H3. The molecule has 0 radical (unpaired) electrons. The lowest BCUT2D eigenvalue weighted by Gasteiger charge is -2.13. The topological polar surface area (TPSA) is 35.2 Å². The normalized spacial score (nSPS) is 12.7. The number of hydrogen-bond acceptors (Lipinski definition) is 2. The van der Waals surface area contributed by atoms with Gasteiger partial charge in [0.2, 0.25) is 0 Å². The highest BCUT2D eigenvalue weighted by molar-refractivity contribution is 6.20. The van der Waals surface area contributed by atoms with E-state index in [1.165, 1.54) is 0 Å². The number of methoxy groups -OCH3 is 1. The number of rotatable bonds is 2. The first-order valence-electron chi connectivity index (χ1n) is 4.11. The molecule has 0 saturated heterocycles. The van der Waals surface area contributed by atoms with Gasteiger partial charge in [-0.05, 0) is 36.6 Å². The molecule has 0 aliphatic rings. The third-order valence-electron chi connectivity index (χ3n) is 2.30. The number of benzene rings is 1. The van der Waals surface area contributed by atoms with Gasteiger partial charge in [-0.25, -0.2) is 0 Å². The van der Waals surface area contributed by atoms with Crippen molar-refractivity contribution >= 4 is 11.6 Å². The van der Waals surface area contributed by atoms with E-state index in [2.05, 4.69) is 0 Å². The van der Waals surface area contributed by atoms with E-state index in [0.29, 0.717) is 0 Å². The lowest BCUT2D eigenvalue weighted by atomic mass is 10.0. The molecule has 3 heteroatoms. The van der Waals surface area contributed by atoms with E-state index in [4.69, 9.17) is 22.1 Å². The molecule has 0 fully saturated rings. The first-order valence-corrected chi connectivity index (χ1v) is 4.55. The number of halogens is 1. The van der Waals surface area contributed by atoms with Gasteiger partial charge in [-0.15, -0.1) is 11.6 Å². The van der Waals surface area contributed by atoms with Crippen LogP contribution in [-0.2, 0) is 0 Å². The summed E-state index contributed by atoms with van der Waals surface area (Å²) in [6, 6.07) is 3.79. The molecule has 0 amide bonds. The Labute approximate surface area is 83.6 Å². The summed E-state index contributed by atoms with van der Waals surface area (Å²) in [7, 11) is 1.65. The van der Waals surface area contributed by atoms with Gasteiger partial charge in [0.15, 0.2) is 0 Å². The smallest absolute Gasteiger partial charge is 0.122 e. The molecule has 0 aromatic heterocycles. The third-order valence-corrected chi connectivity index (χ3v) is 2.53. The molecule has 72 valence electrons. The van der Waals surface area contributed by atoms with Gasteiger partial charge in [-0.2, -0.15) is 0 Å². The second kappa shape index (κ2) is 3.99. The lowest BCUT2D eigenvalue weighted by Crippen LogP contribution is -2.05. The Morgan fingerprint density at radius 2 is 1.92 bits per heavy atom. The van der Waals surface area contributed by atoms with Crippen LogP contribution in [0.15, 0.2) is 12.1 Å². The van der Waals surface area contributed by atoms with Gasteiger partial charge in [0.05, 0.1) is 7.11 Å². The molecule has 0 aliphatic carbocycles. The van der Waals surface area contributed by atoms with Crippen molar-refractivity contribution in [2.75, 3.05) is 7.11 Å². The fourth-order valence-corrected chi connectivity index (χ4v) is 1.57. The Bertz CT molecular complexity index is 310. The van der Waals surface area contributed by atoms with Crippen LogP contribution in [0.2, 0.25) is 0 Å². The summed E-state index contributed by atoms with van der Waals surface area (Å²) in [4.78, 5) is 0. The van der Waals surface area contributed by atoms with E-state index < -0.39 is 5.50 Å². The number of hydrogen-bond donors (Lipinski definition) is 1. The molecule has 0 bridgehead atoms. The number of nitrogens with two attached hydrogens (primary N) is 1. The molecule has 1 atom stereocenters. The third kappa shape index (κ3) is 1.95. The fourth-order valence-electron chi connectivity index (χ4n) is 1.34. The zero-order chi connectivity index (χ0) is 10.0. The molecule has 1 unspecified atom stereocenters. The van der Waals surface area contributed by atoms with E-state index in [0.717, 1.165) is 22.4 Å². The van der Waals surface area contributed by atoms with Crippen LogP contribution in [0.3, 0.4) is 0 Å². The van der Waals surface area contributed by atoms with Crippen LogP contribution in [-0.4, -0.2) is 7.11 Å². The fraction of sp³-hybridized carbons (Fsp3) is 0.400. The molecule has 1 aromatic carbocycles. The maximum atomic E-state index is 5.81. The van der Waals surface area contributed by atoms with Gasteiger partial charge in [0, 0.05) is 0 Å². The van der Waals surface area contributed by atoms with Crippen molar-refractivity contribution in [3.05, 3.63) is 28.8 Å². The maximum Gasteiger partial charge on any atom is 0.122 e. The Morgan fingerprint density at radius 3 is 2.38 bits per heavy atom. The Kier molecular flexibility index (Phi) is 3.17. The van der Waals surface area contributed by atoms with Crippen LogP contribution in [0.1, 0.15) is 22.2 Å². The summed E-state index contributed by atoms with van der Waals surface area (Å²) in [5.74, 6) is 0.874. The summed E-state index contributed by atoms with van der Waals surface area (Å²) in [6.45, 7) is 3.99. The average Bonchev–Trinajstić information content (AvgIpc) is 2.09. The van der Waals surface area contributed by atoms with Crippen molar-refractivity contribution < 1.29 is 4.74 Å². The van der Waals surface area contributed by atoms with Gasteiger partial charge in [0.1, 0.15) is 11.3 Å². The van der Waals surface area contributed by atoms with E-state index in [1.807, 2.05) is 26.0 Å². The molecule has 1 rings (SSSR count). The number of alkyl halides is 1. The van der Waals surface area contributed by atoms with Crippen LogP contribution >= 0.6 is 11.6 Å². The predicted molar refractivity (Wildman–Crippen MR) is 55.2 cm³/mol. The second-order valence-corrected chi connectivity index (χ2v) is 3.48. The van der Waals surface area contributed by atoms with Crippen molar-refractivity contribution in [3.8, 4) is 5.75 Å². The SMILES string of the molecule is COc1ccc(C(N)Cl)c(C)c1C. The predicted octanol–water partition coefficient (Wildman–Crippen LogP) is 2.51. The molecule has 1 aromatic rings. The molecule has 2 nitrogen and oxygen atoms in total. The molecule has 13 heavy (non-hydrogen) atoms. The van der Waals surface area contributed by atoms with Crippen molar-refractivity contribution in [2.24, 2.45) is 5.73 Å². The Balaban J connectivity index is 3.23. The summed E-state index contributed by atoms with van der Waals surface area (Å²) in [6.07, 6.45) is 0. The molecule has 0 spiro atoms. The van der Waals surface area contributed by atoms with Crippen LogP contribution in [0.4, 0.5) is 0 Å². The zero-order valence-electron chi connectivity index (χ0n) is 8.10. The highest BCUT2D eigenvalue weighted by Crippen LogP contribution is 2.27. The van der Waals surface area contributed by atoms with Crippen molar-refractivity contribution in [1.82, 2.24) is 0 Å². The quantitative estimate of drug-likeness (QED) is 0.587. The largest absolute Gasteiger partial charge is 0.496 e. The highest BCUT2D eigenvalue weighted by atomic mass is 35.5. The van der Waals surface area contributed by atoms with E-state index in [-0.39, 0.29) is 0 Å². The van der Waals surface area contributed by atoms with Gasteiger partial charge >= 0.3 is 0 Å². The Hall–Kier alpha value is -0.730. The summed E-state index contributed by atoms with van der Waals surface area (Å²) in [5.41, 5.74) is 8.31. The number of ether oxygens (including phenoxy) is 1. The molecular weight excluding hydrogens is 186 g/mol. The van der Waals surface area contributed by atoms with Gasteiger partial charge < -0.3 is 10.5 Å². The van der Waals surface area contributed by atoms with Gasteiger partial charge in [-0.3, -0.25) is 0 Å². The van der Waals surface area contributed by atoms with E-state index >= 15 is 0 Å².